The Hall–Kier alpha value is -1.23. The second-order valence-electron chi connectivity index (χ2n) is 5.60. The molecule has 1 aliphatic rings. The van der Waals surface area contributed by atoms with Gasteiger partial charge in [-0.05, 0) is 36.5 Å². The van der Waals surface area contributed by atoms with Crippen LogP contribution >= 0.6 is 0 Å². The fraction of sp³-hybridized carbons (Fsp3) is 0.600. The Balaban J connectivity index is 2.42. The van der Waals surface area contributed by atoms with E-state index in [4.69, 9.17) is 0 Å². The van der Waals surface area contributed by atoms with Crippen molar-refractivity contribution in [3.8, 4) is 0 Å². The normalized spacial score (nSPS) is 19.9. The van der Waals surface area contributed by atoms with E-state index in [2.05, 4.69) is 0 Å². The number of anilines is 1. The fourth-order valence-electron chi connectivity index (χ4n) is 2.84. The van der Waals surface area contributed by atoms with Crippen molar-refractivity contribution >= 4 is 5.69 Å². The zero-order chi connectivity index (χ0) is 14.9. The Kier molecular flexibility index (Phi) is 4.28. The number of hydrogen-bond acceptors (Lipinski definition) is 2. The van der Waals surface area contributed by atoms with Gasteiger partial charge in [0.05, 0.1) is 18.2 Å². The van der Waals surface area contributed by atoms with E-state index in [-0.39, 0.29) is 18.6 Å². The Morgan fingerprint density at radius 3 is 2.60 bits per heavy atom. The van der Waals surface area contributed by atoms with Crippen molar-refractivity contribution in [2.45, 2.75) is 44.8 Å². The second kappa shape index (κ2) is 5.64. The van der Waals surface area contributed by atoms with Gasteiger partial charge >= 0.3 is 6.18 Å². The van der Waals surface area contributed by atoms with Crippen molar-refractivity contribution in [1.82, 2.24) is 0 Å². The van der Waals surface area contributed by atoms with E-state index in [1.807, 2.05) is 4.90 Å². The summed E-state index contributed by atoms with van der Waals surface area (Å²) in [6.45, 7) is 4.20. The summed E-state index contributed by atoms with van der Waals surface area (Å²) >= 11 is 0. The topological polar surface area (TPSA) is 23.5 Å². The molecule has 2 nitrogen and oxygen atoms in total. The van der Waals surface area contributed by atoms with Crippen LogP contribution in [0.1, 0.15) is 43.7 Å². The molecule has 0 aliphatic carbocycles. The highest BCUT2D eigenvalue weighted by molar-refractivity contribution is 5.54. The van der Waals surface area contributed by atoms with Gasteiger partial charge in [-0.15, -0.1) is 0 Å². The van der Waals surface area contributed by atoms with Gasteiger partial charge in [0.25, 0.3) is 0 Å². The van der Waals surface area contributed by atoms with E-state index in [9.17, 15) is 18.3 Å². The molecule has 1 heterocycles. The maximum absolute atomic E-state index is 13.2. The van der Waals surface area contributed by atoms with Crippen LogP contribution in [0.25, 0.3) is 0 Å². The first-order valence-electron chi connectivity index (χ1n) is 6.93. The van der Waals surface area contributed by atoms with Gasteiger partial charge in [0.2, 0.25) is 0 Å². The van der Waals surface area contributed by atoms with E-state index in [0.717, 1.165) is 12.8 Å². The van der Waals surface area contributed by atoms with Crippen LogP contribution in [0.3, 0.4) is 0 Å². The maximum Gasteiger partial charge on any atom is 0.416 e. The van der Waals surface area contributed by atoms with Crippen molar-refractivity contribution in [3.63, 3.8) is 0 Å². The van der Waals surface area contributed by atoms with E-state index in [1.165, 1.54) is 6.07 Å². The molecule has 1 atom stereocenters. The number of rotatable bonds is 3. The lowest BCUT2D eigenvalue weighted by atomic mass is 9.96. The number of nitrogens with zero attached hydrogens (tertiary/aromatic N) is 1. The zero-order valence-corrected chi connectivity index (χ0v) is 11.7. The minimum Gasteiger partial charge on any atom is -0.394 e. The van der Waals surface area contributed by atoms with Crippen LogP contribution < -0.4 is 4.90 Å². The molecule has 2 rings (SSSR count). The highest BCUT2D eigenvalue weighted by atomic mass is 19.4. The Morgan fingerprint density at radius 1 is 1.35 bits per heavy atom. The largest absolute Gasteiger partial charge is 0.416 e. The molecule has 112 valence electrons. The van der Waals surface area contributed by atoms with E-state index >= 15 is 0 Å². The predicted octanol–water partition coefficient (Wildman–Crippen LogP) is 3.79. The molecule has 1 saturated heterocycles. The molecule has 1 aromatic carbocycles. The van der Waals surface area contributed by atoms with E-state index in [1.54, 1.807) is 26.0 Å². The van der Waals surface area contributed by atoms with Crippen LogP contribution in [0.5, 0.6) is 0 Å². The highest BCUT2D eigenvalue weighted by Crippen LogP contribution is 2.38. The van der Waals surface area contributed by atoms with Crippen molar-refractivity contribution in [1.29, 1.82) is 0 Å². The Morgan fingerprint density at radius 2 is 2.05 bits per heavy atom. The minimum atomic E-state index is -4.34. The fourth-order valence-corrected chi connectivity index (χ4v) is 2.84. The highest BCUT2D eigenvalue weighted by Gasteiger charge is 2.35. The van der Waals surface area contributed by atoms with Crippen molar-refractivity contribution < 1.29 is 18.3 Å². The smallest absolute Gasteiger partial charge is 0.394 e. The molecule has 0 spiro atoms. The SMILES string of the molecule is CC(C)c1ccc(N2CCC[C@@H]2CO)cc1C(F)(F)F. The van der Waals surface area contributed by atoms with Crippen LogP contribution in [0.15, 0.2) is 18.2 Å². The van der Waals surface area contributed by atoms with Gasteiger partial charge in [-0.1, -0.05) is 19.9 Å². The molecular weight excluding hydrogens is 267 g/mol. The first-order chi connectivity index (χ1) is 9.34. The van der Waals surface area contributed by atoms with Gasteiger partial charge in [0, 0.05) is 12.2 Å². The van der Waals surface area contributed by atoms with Crippen LogP contribution in [0.4, 0.5) is 18.9 Å². The summed E-state index contributed by atoms with van der Waals surface area (Å²) in [6.07, 6.45) is -2.62. The summed E-state index contributed by atoms with van der Waals surface area (Å²) in [5, 5.41) is 9.31. The summed E-state index contributed by atoms with van der Waals surface area (Å²) in [6, 6.07) is 4.46. The van der Waals surface area contributed by atoms with Gasteiger partial charge in [-0.2, -0.15) is 13.2 Å². The van der Waals surface area contributed by atoms with Crippen molar-refractivity contribution in [3.05, 3.63) is 29.3 Å². The van der Waals surface area contributed by atoms with Gasteiger partial charge in [0.1, 0.15) is 0 Å². The average molecular weight is 287 g/mol. The number of hydrogen-bond donors (Lipinski definition) is 1. The molecule has 0 bridgehead atoms. The molecule has 1 fully saturated rings. The number of alkyl halides is 3. The minimum absolute atomic E-state index is 0.0206. The molecule has 0 unspecified atom stereocenters. The van der Waals surface area contributed by atoms with Crippen molar-refractivity contribution in [2.24, 2.45) is 0 Å². The number of aliphatic hydroxyl groups is 1. The van der Waals surface area contributed by atoms with Crippen LogP contribution in [0, 0.1) is 0 Å². The number of benzene rings is 1. The summed E-state index contributed by atoms with van der Waals surface area (Å²) in [5.41, 5.74) is 0.313. The Labute approximate surface area is 117 Å². The summed E-state index contributed by atoms with van der Waals surface area (Å²) in [5.74, 6) is -0.173. The van der Waals surface area contributed by atoms with Gasteiger partial charge in [-0.25, -0.2) is 0 Å². The molecule has 0 saturated carbocycles. The lowest BCUT2D eigenvalue weighted by Crippen LogP contribution is -2.32. The first kappa shape index (κ1) is 15.2. The van der Waals surface area contributed by atoms with Gasteiger partial charge in [-0.3, -0.25) is 0 Å². The monoisotopic (exact) mass is 287 g/mol. The molecule has 1 aromatic rings. The van der Waals surface area contributed by atoms with Crippen LogP contribution in [-0.4, -0.2) is 24.3 Å². The summed E-state index contributed by atoms with van der Waals surface area (Å²) in [7, 11) is 0. The molecule has 0 aromatic heterocycles. The lowest BCUT2D eigenvalue weighted by molar-refractivity contribution is -0.138. The van der Waals surface area contributed by atoms with Crippen molar-refractivity contribution in [2.75, 3.05) is 18.1 Å². The van der Waals surface area contributed by atoms with E-state index in [0.29, 0.717) is 17.8 Å². The van der Waals surface area contributed by atoms with E-state index < -0.39 is 11.7 Å². The molecule has 5 heteroatoms. The third-order valence-corrected chi connectivity index (χ3v) is 3.88. The molecule has 0 amide bonds. The molecule has 1 N–H and O–H groups in total. The van der Waals surface area contributed by atoms with Gasteiger partial charge in [0.15, 0.2) is 0 Å². The van der Waals surface area contributed by atoms with Crippen LogP contribution in [-0.2, 0) is 6.18 Å². The summed E-state index contributed by atoms with van der Waals surface area (Å²) in [4.78, 5) is 1.87. The average Bonchev–Trinajstić information content (AvgIpc) is 2.85. The Bertz CT molecular complexity index is 471. The maximum atomic E-state index is 13.2. The third-order valence-electron chi connectivity index (χ3n) is 3.88. The zero-order valence-electron chi connectivity index (χ0n) is 11.7. The molecule has 0 radical (unpaired) electrons. The quantitative estimate of drug-likeness (QED) is 0.914. The standard InChI is InChI=1S/C15H20F3NO/c1-10(2)13-6-5-11(8-14(13)15(16,17)18)19-7-3-4-12(19)9-20/h5-6,8,10,12,20H,3-4,7,9H2,1-2H3/t12-/m1/s1. The third kappa shape index (κ3) is 2.92. The van der Waals surface area contributed by atoms with Crippen LogP contribution in [0.2, 0.25) is 0 Å². The molecular formula is C15H20F3NO. The molecule has 20 heavy (non-hydrogen) atoms. The van der Waals surface area contributed by atoms with Gasteiger partial charge < -0.3 is 10.0 Å². The predicted molar refractivity (Wildman–Crippen MR) is 73.0 cm³/mol. The number of aliphatic hydroxyl groups excluding tert-OH is 1. The lowest BCUT2D eigenvalue weighted by Gasteiger charge is -2.27. The number of halogens is 3. The summed E-state index contributed by atoms with van der Waals surface area (Å²) < 4.78 is 39.6. The second-order valence-corrected chi connectivity index (χ2v) is 5.60. The first-order valence-corrected chi connectivity index (χ1v) is 6.93. The molecule has 1 aliphatic heterocycles.